The summed E-state index contributed by atoms with van der Waals surface area (Å²) in [5.74, 6) is 0.851. The molecule has 3 aromatic heterocycles. The first kappa shape index (κ1) is 25.4. The molecule has 12 nitrogen and oxygen atoms in total. The Kier molecular flexibility index (Phi) is 7.40. The lowest BCUT2D eigenvalue weighted by atomic mass is 10.2. The van der Waals surface area contributed by atoms with Crippen LogP contribution in [0.1, 0.15) is 24.4 Å². The molecule has 36 heavy (non-hydrogen) atoms. The number of benzene rings is 1. The maximum atomic E-state index is 12.5. The summed E-state index contributed by atoms with van der Waals surface area (Å²) in [6.45, 7) is 11.4. The molecule has 0 saturated heterocycles. The molecule has 0 spiro atoms. The Balaban J connectivity index is 1.42. The molecule has 0 aliphatic carbocycles. The van der Waals surface area contributed by atoms with Gasteiger partial charge < -0.3 is 9.47 Å². The second-order valence-electron chi connectivity index (χ2n) is 9.83. The van der Waals surface area contributed by atoms with Crippen LogP contribution in [-0.4, -0.2) is 59.4 Å². The third-order valence-electron chi connectivity index (χ3n) is 5.48. The van der Waals surface area contributed by atoms with Gasteiger partial charge in [-0.05, 0) is 42.8 Å². The van der Waals surface area contributed by atoms with Gasteiger partial charge in [-0.2, -0.15) is 5.10 Å². The largest absolute Gasteiger partial charge is 0.452 e. The van der Waals surface area contributed by atoms with Crippen LogP contribution in [0, 0.1) is 6.92 Å². The van der Waals surface area contributed by atoms with Gasteiger partial charge in [0.25, 0.3) is 5.56 Å². The van der Waals surface area contributed by atoms with Crippen molar-refractivity contribution in [1.82, 2.24) is 44.8 Å². The van der Waals surface area contributed by atoms with Gasteiger partial charge >= 0.3 is 6.01 Å². The lowest BCUT2D eigenvalue weighted by molar-refractivity contribution is 0.0750. The Labute approximate surface area is 209 Å². The monoisotopic (exact) mass is 509 g/mol. The Morgan fingerprint density at radius 1 is 1.11 bits per heavy atom. The van der Waals surface area contributed by atoms with Gasteiger partial charge in [0.2, 0.25) is 5.82 Å². The fourth-order valence-electron chi connectivity index (χ4n) is 3.31. The molecule has 190 valence electrons. The zero-order valence-corrected chi connectivity index (χ0v) is 22.4. The first-order valence-electron chi connectivity index (χ1n) is 11.7. The SMILES string of the molecule is Cc1cccc(-n2nnc([C@@H](C)Oc3nnc(-c4cnn(COCC[Si](C)(C)C)c(=O)c4)n3C)n2)c1. The summed E-state index contributed by atoms with van der Waals surface area (Å²) in [5, 5.41) is 25.2. The van der Waals surface area contributed by atoms with Gasteiger partial charge in [0, 0.05) is 33.4 Å². The van der Waals surface area contributed by atoms with Gasteiger partial charge in [0.1, 0.15) is 6.73 Å². The fourth-order valence-corrected chi connectivity index (χ4v) is 4.07. The number of rotatable bonds is 10. The highest BCUT2D eigenvalue weighted by atomic mass is 28.3. The highest BCUT2D eigenvalue weighted by molar-refractivity contribution is 6.76. The molecule has 0 fully saturated rings. The Morgan fingerprint density at radius 2 is 1.92 bits per heavy atom. The quantitative estimate of drug-likeness (QED) is 0.234. The van der Waals surface area contributed by atoms with Crippen molar-refractivity contribution >= 4 is 8.07 Å². The molecule has 0 saturated carbocycles. The van der Waals surface area contributed by atoms with Crippen LogP contribution in [0.5, 0.6) is 6.01 Å². The van der Waals surface area contributed by atoms with E-state index in [1.54, 1.807) is 24.7 Å². The van der Waals surface area contributed by atoms with E-state index in [0.29, 0.717) is 23.8 Å². The normalized spacial score (nSPS) is 12.6. The molecule has 3 heterocycles. The lowest BCUT2D eigenvalue weighted by Crippen LogP contribution is -2.26. The molecular formula is C23H31N9O3Si. The molecule has 1 atom stereocenters. The van der Waals surface area contributed by atoms with Crippen molar-refractivity contribution in [1.29, 1.82) is 0 Å². The van der Waals surface area contributed by atoms with Crippen LogP contribution < -0.4 is 10.3 Å². The summed E-state index contributed by atoms with van der Waals surface area (Å²) >= 11 is 0. The molecular weight excluding hydrogens is 478 g/mol. The number of tetrazole rings is 1. The van der Waals surface area contributed by atoms with Crippen molar-refractivity contribution < 1.29 is 9.47 Å². The molecule has 0 bridgehead atoms. The van der Waals surface area contributed by atoms with Crippen molar-refractivity contribution in [3.63, 3.8) is 0 Å². The van der Waals surface area contributed by atoms with E-state index in [1.807, 2.05) is 31.2 Å². The van der Waals surface area contributed by atoms with Gasteiger partial charge in [0.05, 0.1) is 11.9 Å². The number of hydrogen-bond acceptors (Lipinski definition) is 9. The first-order valence-corrected chi connectivity index (χ1v) is 15.4. The second-order valence-corrected chi connectivity index (χ2v) is 15.5. The van der Waals surface area contributed by atoms with Gasteiger partial charge in [0.15, 0.2) is 11.9 Å². The number of hydrogen-bond donors (Lipinski definition) is 0. The number of aromatic nitrogens is 9. The maximum Gasteiger partial charge on any atom is 0.317 e. The molecule has 0 N–H and O–H groups in total. The number of aryl methyl sites for hydroxylation is 1. The third-order valence-corrected chi connectivity index (χ3v) is 7.18. The molecule has 0 radical (unpaired) electrons. The first-order chi connectivity index (χ1) is 17.1. The van der Waals surface area contributed by atoms with Gasteiger partial charge in [-0.15, -0.1) is 20.1 Å². The summed E-state index contributed by atoms with van der Waals surface area (Å²) in [7, 11) is 0.558. The number of nitrogens with zero attached hydrogens (tertiary/aromatic N) is 9. The zero-order chi connectivity index (χ0) is 25.9. The lowest BCUT2D eigenvalue weighted by Gasteiger charge is -2.15. The smallest absolute Gasteiger partial charge is 0.317 e. The third kappa shape index (κ3) is 6.09. The maximum absolute atomic E-state index is 12.5. The van der Waals surface area contributed by atoms with Gasteiger partial charge in [-0.3, -0.25) is 9.36 Å². The van der Waals surface area contributed by atoms with E-state index in [4.69, 9.17) is 9.47 Å². The highest BCUT2D eigenvalue weighted by Gasteiger charge is 2.20. The van der Waals surface area contributed by atoms with Crippen LogP contribution in [0.25, 0.3) is 17.1 Å². The summed E-state index contributed by atoms with van der Waals surface area (Å²) in [5.41, 5.74) is 2.15. The molecule has 13 heteroatoms. The molecule has 4 rings (SSSR count). The minimum Gasteiger partial charge on any atom is -0.452 e. The van der Waals surface area contributed by atoms with E-state index >= 15 is 0 Å². The van der Waals surface area contributed by atoms with Crippen molar-refractivity contribution in [2.75, 3.05) is 6.61 Å². The second kappa shape index (κ2) is 10.5. The predicted octanol–water partition coefficient (Wildman–Crippen LogP) is 2.78. The van der Waals surface area contributed by atoms with E-state index in [0.717, 1.165) is 17.3 Å². The van der Waals surface area contributed by atoms with Crippen molar-refractivity contribution in [3.05, 3.63) is 58.3 Å². The minimum atomic E-state index is -1.19. The summed E-state index contributed by atoms with van der Waals surface area (Å²) in [6.07, 6.45) is 1.04. The van der Waals surface area contributed by atoms with Crippen LogP contribution in [0.4, 0.5) is 0 Å². The van der Waals surface area contributed by atoms with Gasteiger partial charge in [-0.25, -0.2) is 4.68 Å². The Bertz CT molecular complexity index is 1390. The fraction of sp³-hybridized carbons (Fsp3) is 0.435. The predicted molar refractivity (Wildman–Crippen MR) is 136 cm³/mol. The van der Waals surface area contributed by atoms with Crippen LogP contribution in [0.2, 0.25) is 25.7 Å². The molecule has 0 amide bonds. The molecule has 4 aromatic rings. The standard InChI is InChI=1S/C23H31N9O3Si/c1-16-8-7-9-19(12-16)32-28-21(25-29-32)17(2)35-23-27-26-22(30(23)3)18-13-20(33)31(24-14-18)15-34-10-11-36(4,5)6/h7-9,12-14,17H,10-11,15H2,1-6H3/t17-/m1/s1. The molecule has 1 aromatic carbocycles. The molecule has 0 aliphatic heterocycles. The average molecular weight is 510 g/mol. The Hall–Kier alpha value is -3.71. The topological polar surface area (TPSA) is 128 Å². The highest BCUT2D eigenvalue weighted by Crippen LogP contribution is 2.22. The van der Waals surface area contributed by atoms with E-state index in [1.165, 1.54) is 15.5 Å². The minimum absolute atomic E-state index is 0.116. The van der Waals surface area contributed by atoms with E-state index in [-0.39, 0.29) is 18.3 Å². The zero-order valence-electron chi connectivity index (χ0n) is 21.4. The van der Waals surface area contributed by atoms with Crippen LogP contribution in [0.3, 0.4) is 0 Å². The van der Waals surface area contributed by atoms with Crippen molar-refractivity contribution in [3.8, 4) is 23.1 Å². The van der Waals surface area contributed by atoms with E-state index in [9.17, 15) is 4.79 Å². The van der Waals surface area contributed by atoms with Crippen molar-refractivity contribution in [2.45, 2.75) is 52.4 Å². The molecule has 0 aliphatic rings. The van der Waals surface area contributed by atoms with E-state index < -0.39 is 14.2 Å². The van der Waals surface area contributed by atoms with Crippen LogP contribution in [-0.2, 0) is 18.5 Å². The van der Waals surface area contributed by atoms with E-state index in [2.05, 4.69) is 50.3 Å². The summed E-state index contributed by atoms with van der Waals surface area (Å²) < 4.78 is 14.5. The van der Waals surface area contributed by atoms with Crippen LogP contribution >= 0.6 is 0 Å². The Morgan fingerprint density at radius 3 is 2.64 bits per heavy atom. The summed E-state index contributed by atoms with van der Waals surface area (Å²) in [4.78, 5) is 14.0. The summed E-state index contributed by atoms with van der Waals surface area (Å²) in [6, 6.07) is 10.5. The van der Waals surface area contributed by atoms with Gasteiger partial charge in [-0.1, -0.05) is 36.9 Å². The average Bonchev–Trinajstić information content (AvgIpc) is 3.45. The van der Waals surface area contributed by atoms with Crippen molar-refractivity contribution in [2.24, 2.45) is 7.05 Å². The number of ether oxygens (including phenoxy) is 2. The van der Waals surface area contributed by atoms with Crippen LogP contribution in [0.15, 0.2) is 41.3 Å². The molecule has 0 unspecified atom stereocenters.